The molecular formula is C25H24ClN3O5S. The van der Waals surface area contributed by atoms with Crippen LogP contribution in [0.25, 0.3) is 6.08 Å². The highest BCUT2D eigenvalue weighted by molar-refractivity contribution is 7.07. The molecule has 1 saturated heterocycles. The van der Waals surface area contributed by atoms with Crippen molar-refractivity contribution in [1.29, 1.82) is 0 Å². The summed E-state index contributed by atoms with van der Waals surface area (Å²) in [5.74, 6) is 0.781. The first-order valence-electron chi connectivity index (χ1n) is 11.3. The van der Waals surface area contributed by atoms with E-state index >= 15 is 0 Å². The summed E-state index contributed by atoms with van der Waals surface area (Å²) in [5.41, 5.74) is 1.14. The van der Waals surface area contributed by atoms with Crippen LogP contribution in [0.15, 0.2) is 61.9 Å². The molecule has 1 aromatic carbocycles. The van der Waals surface area contributed by atoms with Crippen molar-refractivity contribution < 1.29 is 18.7 Å². The van der Waals surface area contributed by atoms with Gasteiger partial charge in [-0.3, -0.25) is 9.36 Å². The van der Waals surface area contributed by atoms with Crippen LogP contribution >= 0.6 is 22.9 Å². The quantitative estimate of drug-likeness (QED) is 0.488. The molecule has 8 nitrogen and oxygen atoms in total. The second-order valence-corrected chi connectivity index (χ2v) is 9.52. The van der Waals surface area contributed by atoms with E-state index in [1.165, 1.54) is 15.9 Å². The van der Waals surface area contributed by atoms with Crippen molar-refractivity contribution in [2.45, 2.75) is 19.9 Å². The number of rotatable bonds is 5. The Hall–Kier alpha value is -3.14. The predicted molar refractivity (Wildman–Crippen MR) is 134 cm³/mol. The molecule has 0 radical (unpaired) electrons. The Labute approximate surface area is 210 Å². The normalized spacial score (nSPS) is 18.4. The first-order chi connectivity index (χ1) is 17.0. The molecule has 0 spiro atoms. The first-order valence-corrected chi connectivity index (χ1v) is 12.5. The average molecular weight is 514 g/mol. The number of benzene rings is 1. The molecule has 182 valence electrons. The smallest absolute Gasteiger partial charge is 0.338 e. The third-order valence-corrected chi connectivity index (χ3v) is 7.25. The minimum Gasteiger partial charge on any atom is -0.463 e. The van der Waals surface area contributed by atoms with E-state index in [0.29, 0.717) is 50.2 Å². The Morgan fingerprint density at radius 2 is 2.03 bits per heavy atom. The minimum absolute atomic E-state index is 0.208. The lowest BCUT2D eigenvalue weighted by atomic mass is 9.96. The van der Waals surface area contributed by atoms with Gasteiger partial charge in [0.1, 0.15) is 11.8 Å². The number of carbonyl (C=O) groups is 1. The van der Waals surface area contributed by atoms with E-state index in [9.17, 15) is 9.59 Å². The Kier molecular flexibility index (Phi) is 6.64. The molecule has 4 heterocycles. The molecule has 0 saturated carbocycles. The molecule has 10 heteroatoms. The summed E-state index contributed by atoms with van der Waals surface area (Å²) in [5, 5.41) is 0.449. The van der Waals surface area contributed by atoms with Crippen molar-refractivity contribution in [3.8, 4) is 0 Å². The van der Waals surface area contributed by atoms with Gasteiger partial charge in [0, 0.05) is 30.3 Å². The molecule has 0 amide bonds. The lowest BCUT2D eigenvalue weighted by Gasteiger charge is -2.26. The second-order valence-electron chi connectivity index (χ2n) is 8.10. The van der Waals surface area contributed by atoms with Gasteiger partial charge in [0.25, 0.3) is 5.56 Å². The number of thiazole rings is 1. The van der Waals surface area contributed by atoms with Gasteiger partial charge < -0.3 is 18.8 Å². The van der Waals surface area contributed by atoms with Gasteiger partial charge in [0.2, 0.25) is 0 Å². The number of ether oxygens (including phenoxy) is 2. The summed E-state index contributed by atoms with van der Waals surface area (Å²) in [7, 11) is 0. The molecule has 2 aromatic heterocycles. The number of esters is 1. The van der Waals surface area contributed by atoms with E-state index in [0.717, 1.165) is 19.0 Å². The Morgan fingerprint density at radius 1 is 1.26 bits per heavy atom. The zero-order chi connectivity index (χ0) is 24.5. The molecular weight excluding hydrogens is 490 g/mol. The fourth-order valence-electron chi connectivity index (χ4n) is 4.29. The third kappa shape index (κ3) is 4.47. The van der Waals surface area contributed by atoms with Crippen molar-refractivity contribution in [2.24, 2.45) is 4.99 Å². The largest absolute Gasteiger partial charge is 0.463 e. The van der Waals surface area contributed by atoms with Crippen LogP contribution in [0.5, 0.6) is 0 Å². The lowest BCUT2D eigenvalue weighted by Crippen LogP contribution is -2.40. The number of halogens is 1. The number of allylic oxidation sites excluding steroid dienone is 1. The molecule has 0 aliphatic carbocycles. The van der Waals surface area contributed by atoms with Crippen molar-refractivity contribution in [3.63, 3.8) is 0 Å². The van der Waals surface area contributed by atoms with Crippen molar-refractivity contribution in [2.75, 3.05) is 37.8 Å². The second kappa shape index (κ2) is 9.85. The molecule has 2 aliphatic heterocycles. The number of nitrogens with zero attached hydrogens (tertiary/aromatic N) is 3. The number of carbonyl (C=O) groups excluding carboxylic acids is 1. The monoisotopic (exact) mass is 513 g/mol. The van der Waals surface area contributed by atoms with E-state index in [1.54, 1.807) is 32.1 Å². The van der Waals surface area contributed by atoms with Gasteiger partial charge >= 0.3 is 5.97 Å². The molecule has 3 aromatic rings. The standard InChI is InChI=1S/C25H24ClN3O5S/c1-3-33-24(31)21-15(2)27-25-29(22(21)17-6-4-5-7-18(17)26)23(30)19(35-25)14-16-8-9-20(34-16)28-10-12-32-13-11-28/h4-9,14,22H,3,10-13H2,1-2H3/b19-14-. The number of morpholine rings is 1. The van der Waals surface area contributed by atoms with Gasteiger partial charge in [-0.05, 0) is 31.5 Å². The zero-order valence-electron chi connectivity index (χ0n) is 19.3. The maximum Gasteiger partial charge on any atom is 0.338 e. The minimum atomic E-state index is -0.748. The summed E-state index contributed by atoms with van der Waals surface area (Å²) >= 11 is 7.77. The topological polar surface area (TPSA) is 86.3 Å². The number of furan rings is 1. The number of anilines is 1. The number of aromatic nitrogens is 1. The van der Waals surface area contributed by atoms with Gasteiger partial charge in [-0.15, -0.1) is 0 Å². The van der Waals surface area contributed by atoms with Crippen LogP contribution in [0.4, 0.5) is 5.88 Å². The first kappa shape index (κ1) is 23.6. The average Bonchev–Trinajstić information content (AvgIpc) is 3.44. The predicted octanol–water partition coefficient (Wildman–Crippen LogP) is 2.88. The van der Waals surface area contributed by atoms with Crippen molar-refractivity contribution in [1.82, 2.24) is 4.57 Å². The van der Waals surface area contributed by atoms with Gasteiger partial charge in [-0.25, -0.2) is 9.79 Å². The number of fused-ring (bicyclic) bond motifs is 1. The van der Waals surface area contributed by atoms with Crippen LogP contribution in [0.1, 0.15) is 31.2 Å². The van der Waals surface area contributed by atoms with E-state index < -0.39 is 12.0 Å². The zero-order valence-corrected chi connectivity index (χ0v) is 20.9. The molecule has 1 unspecified atom stereocenters. The van der Waals surface area contributed by atoms with Crippen LogP contribution in [0.3, 0.4) is 0 Å². The molecule has 35 heavy (non-hydrogen) atoms. The van der Waals surface area contributed by atoms with Gasteiger partial charge in [-0.1, -0.05) is 41.1 Å². The van der Waals surface area contributed by atoms with E-state index in [4.69, 9.17) is 25.5 Å². The van der Waals surface area contributed by atoms with Gasteiger partial charge in [0.15, 0.2) is 10.7 Å². The van der Waals surface area contributed by atoms with E-state index in [-0.39, 0.29) is 12.2 Å². The van der Waals surface area contributed by atoms with Crippen LogP contribution in [0, 0.1) is 0 Å². The summed E-state index contributed by atoms with van der Waals surface area (Å²) in [6.07, 6.45) is 1.71. The van der Waals surface area contributed by atoms with E-state index in [2.05, 4.69) is 9.89 Å². The van der Waals surface area contributed by atoms with Crippen LogP contribution in [-0.4, -0.2) is 43.4 Å². The van der Waals surface area contributed by atoms with Gasteiger partial charge in [0.05, 0.1) is 35.6 Å². The molecule has 0 N–H and O–H groups in total. The fourth-order valence-corrected chi connectivity index (χ4v) is 5.55. The van der Waals surface area contributed by atoms with Gasteiger partial charge in [-0.2, -0.15) is 0 Å². The molecule has 5 rings (SSSR count). The van der Waals surface area contributed by atoms with Crippen molar-refractivity contribution >= 4 is 40.9 Å². The maximum absolute atomic E-state index is 13.6. The van der Waals surface area contributed by atoms with E-state index in [1.807, 2.05) is 24.3 Å². The Morgan fingerprint density at radius 3 is 2.77 bits per heavy atom. The van der Waals surface area contributed by atoms with Crippen LogP contribution in [-0.2, 0) is 14.3 Å². The SMILES string of the molecule is CCOC(=O)C1=C(C)N=c2s/c(=C\c3ccc(N4CCOCC4)o3)c(=O)n2C1c1ccccc1Cl. The Balaban J connectivity index is 1.62. The highest BCUT2D eigenvalue weighted by atomic mass is 35.5. The number of hydrogen-bond acceptors (Lipinski definition) is 8. The third-order valence-electron chi connectivity index (χ3n) is 5.93. The van der Waals surface area contributed by atoms with Crippen LogP contribution < -0.4 is 19.8 Å². The number of hydrogen-bond donors (Lipinski definition) is 0. The molecule has 0 bridgehead atoms. The summed E-state index contributed by atoms with van der Waals surface area (Å²) in [4.78, 5) is 33.8. The summed E-state index contributed by atoms with van der Waals surface area (Å²) in [6.45, 7) is 6.50. The summed E-state index contributed by atoms with van der Waals surface area (Å²) in [6, 6.07) is 10.2. The van der Waals surface area contributed by atoms with Crippen molar-refractivity contribution in [3.05, 3.63) is 83.7 Å². The molecule has 2 aliphatic rings. The van der Waals surface area contributed by atoms with Crippen LogP contribution in [0.2, 0.25) is 5.02 Å². The highest BCUT2D eigenvalue weighted by Crippen LogP contribution is 2.34. The molecule has 1 atom stereocenters. The maximum atomic E-state index is 13.6. The lowest BCUT2D eigenvalue weighted by molar-refractivity contribution is -0.139. The highest BCUT2D eigenvalue weighted by Gasteiger charge is 2.34. The molecule has 1 fully saturated rings. The summed E-state index contributed by atoms with van der Waals surface area (Å²) < 4.78 is 18.7. The Bertz CT molecular complexity index is 1480. The fraction of sp³-hybridized carbons (Fsp3) is 0.320.